The Labute approximate surface area is 106 Å². The van der Waals surface area contributed by atoms with Crippen LogP contribution in [0.2, 0.25) is 0 Å². The van der Waals surface area contributed by atoms with Crippen molar-refractivity contribution in [1.29, 1.82) is 5.26 Å². The van der Waals surface area contributed by atoms with E-state index in [0.29, 0.717) is 5.82 Å². The van der Waals surface area contributed by atoms with Crippen molar-refractivity contribution in [2.75, 3.05) is 18.4 Å². The highest BCUT2D eigenvalue weighted by Gasteiger charge is 2.23. The molecule has 0 aliphatic carbocycles. The number of rotatable bonds is 3. The van der Waals surface area contributed by atoms with Gasteiger partial charge >= 0.3 is 0 Å². The molecule has 2 heterocycles. The Morgan fingerprint density at radius 3 is 2.78 bits per heavy atom. The number of carbonyl (C=O) groups is 1. The number of hydrogen-bond donors (Lipinski definition) is 1. The molecule has 6 nitrogen and oxygen atoms in total. The molecule has 0 bridgehead atoms. The molecular weight excluding hydrogens is 230 g/mol. The molecule has 2 rings (SSSR count). The van der Waals surface area contributed by atoms with Gasteiger partial charge in [0, 0.05) is 25.5 Å². The first-order chi connectivity index (χ1) is 8.72. The van der Waals surface area contributed by atoms with Gasteiger partial charge < -0.3 is 10.2 Å². The number of aromatic nitrogens is 2. The second-order valence-corrected chi connectivity index (χ2v) is 4.26. The Morgan fingerprint density at radius 2 is 2.11 bits per heavy atom. The summed E-state index contributed by atoms with van der Waals surface area (Å²) in [7, 11) is 0. The Kier molecular flexibility index (Phi) is 3.72. The van der Waals surface area contributed by atoms with Gasteiger partial charge in [-0.2, -0.15) is 5.26 Å². The largest absolute Gasteiger partial charge is 0.356 e. The van der Waals surface area contributed by atoms with Crippen molar-refractivity contribution < 1.29 is 4.79 Å². The molecule has 18 heavy (non-hydrogen) atoms. The maximum absolute atomic E-state index is 12.1. The molecule has 0 radical (unpaired) electrons. The number of anilines is 1. The van der Waals surface area contributed by atoms with Crippen LogP contribution in [0.4, 0.5) is 5.82 Å². The third-order valence-corrected chi connectivity index (χ3v) is 2.95. The quantitative estimate of drug-likeness (QED) is 0.850. The number of nitrogens with zero attached hydrogens (tertiary/aromatic N) is 4. The molecule has 0 aromatic carbocycles. The SMILES string of the molecule is CC(Nc1nccnc1C#N)C(=O)N1CCCC1. The molecule has 1 aromatic heterocycles. The molecule has 1 fully saturated rings. The summed E-state index contributed by atoms with van der Waals surface area (Å²) >= 11 is 0. The first-order valence-corrected chi connectivity index (χ1v) is 5.99. The van der Waals surface area contributed by atoms with Crippen LogP contribution in [0.15, 0.2) is 12.4 Å². The minimum absolute atomic E-state index is 0.0436. The Morgan fingerprint density at radius 1 is 1.44 bits per heavy atom. The van der Waals surface area contributed by atoms with Crippen LogP contribution in [0.3, 0.4) is 0 Å². The van der Waals surface area contributed by atoms with Crippen molar-refractivity contribution in [3.8, 4) is 6.07 Å². The van der Waals surface area contributed by atoms with E-state index in [1.807, 2.05) is 11.0 Å². The predicted molar refractivity (Wildman–Crippen MR) is 65.6 cm³/mol. The van der Waals surface area contributed by atoms with E-state index >= 15 is 0 Å². The lowest BCUT2D eigenvalue weighted by Gasteiger charge is -2.21. The van der Waals surface area contributed by atoms with Gasteiger partial charge in [-0.05, 0) is 19.8 Å². The van der Waals surface area contributed by atoms with Gasteiger partial charge in [0.2, 0.25) is 5.91 Å². The summed E-state index contributed by atoms with van der Waals surface area (Å²) in [5.41, 5.74) is 0.207. The summed E-state index contributed by atoms with van der Waals surface area (Å²) in [6.07, 6.45) is 5.08. The zero-order chi connectivity index (χ0) is 13.0. The summed E-state index contributed by atoms with van der Waals surface area (Å²) in [5.74, 6) is 0.405. The second kappa shape index (κ2) is 5.45. The predicted octanol–water partition coefficient (Wildman–Crippen LogP) is 0.771. The molecule has 1 N–H and O–H groups in total. The molecule has 1 aromatic rings. The fourth-order valence-electron chi connectivity index (χ4n) is 2.00. The van der Waals surface area contributed by atoms with Crippen LogP contribution in [0, 0.1) is 11.3 Å². The highest BCUT2D eigenvalue weighted by molar-refractivity contribution is 5.84. The minimum Gasteiger partial charge on any atom is -0.356 e. The van der Waals surface area contributed by atoms with Crippen LogP contribution in [-0.2, 0) is 4.79 Å². The van der Waals surface area contributed by atoms with Crippen molar-refractivity contribution >= 4 is 11.7 Å². The van der Waals surface area contributed by atoms with E-state index in [-0.39, 0.29) is 11.6 Å². The minimum atomic E-state index is -0.396. The summed E-state index contributed by atoms with van der Waals surface area (Å²) < 4.78 is 0. The van der Waals surface area contributed by atoms with Crippen LogP contribution in [0.5, 0.6) is 0 Å². The molecule has 0 spiro atoms. The molecule has 1 saturated heterocycles. The molecular formula is C12H15N5O. The van der Waals surface area contributed by atoms with Crippen LogP contribution in [0.1, 0.15) is 25.5 Å². The van der Waals surface area contributed by atoms with Crippen molar-refractivity contribution in [3.05, 3.63) is 18.1 Å². The lowest BCUT2D eigenvalue weighted by molar-refractivity contribution is -0.130. The summed E-state index contributed by atoms with van der Waals surface area (Å²) in [6.45, 7) is 3.41. The third kappa shape index (κ3) is 2.56. The van der Waals surface area contributed by atoms with Crippen LogP contribution in [-0.4, -0.2) is 39.9 Å². The summed E-state index contributed by atoms with van der Waals surface area (Å²) in [5, 5.41) is 11.8. The van der Waals surface area contributed by atoms with Crippen LogP contribution in [0.25, 0.3) is 0 Å². The van der Waals surface area contributed by atoms with E-state index in [9.17, 15) is 4.79 Å². The van der Waals surface area contributed by atoms with Crippen LogP contribution >= 0.6 is 0 Å². The molecule has 1 aliphatic rings. The normalized spacial score (nSPS) is 16.1. The highest BCUT2D eigenvalue weighted by Crippen LogP contribution is 2.13. The Hall–Kier alpha value is -2.16. The number of nitrogens with one attached hydrogen (secondary N) is 1. The first kappa shape index (κ1) is 12.3. The highest BCUT2D eigenvalue weighted by atomic mass is 16.2. The lowest BCUT2D eigenvalue weighted by Crippen LogP contribution is -2.40. The topological polar surface area (TPSA) is 81.9 Å². The van der Waals surface area contributed by atoms with Crippen molar-refractivity contribution in [2.45, 2.75) is 25.8 Å². The van der Waals surface area contributed by atoms with E-state index in [4.69, 9.17) is 5.26 Å². The molecule has 0 saturated carbocycles. The Balaban J connectivity index is 2.04. The third-order valence-electron chi connectivity index (χ3n) is 2.95. The van der Waals surface area contributed by atoms with Gasteiger partial charge in [0.15, 0.2) is 11.5 Å². The number of nitriles is 1. The molecule has 1 aliphatic heterocycles. The number of hydrogen-bond acceptors (Lipinski definition) is 5. The zero-order valence-electron chi connectivity index (χ0n) is 10.3. The van der Waals surface area contributed by atoms with Crippen molar-refractivity contribution in [2.24, 2.45) is 0 Å². The van der Waals surface area contributed by atoms with Gasteiger partial charge in [-0.25, -0.2) is 9.97 Å². The van der Waals surface area contributed by atoms with Gasteiger partial charge in [0.25, 0.3) is 0 Å². The summed E-state index contributed by atoms with van der Waals surface area (Å²) in [6, 6.07) is 1.55. The van der Waals surface area contributed by atoms with E-state index < -0.39 is 6.04 Å². The van der Waals surface area contributed by atoms with Crippen LogP contribution < -0.4 is 5.32 Å². The van der Waals surface area contributed by atoms with E-state index in [2.05, 4.69) is 15.3 Å². The number of likely N-dealkylation sites (tertiary alicyclic amines) is 1. The molecule has 1 amide bonds. The molecule has 94 valence electrons. The van der Waals surface area contributed by atoms with E-state index in [1.54, 1.807) is 6.92 Å². The van der Waals surface area contributed by atoms with Gasteiger partial charge in [-0.15, -0.1) is 0 Å². The maximum atomic E-state index is 12.1. The van der Waals surface area contributed by atoms with Gasteiger partial charge in [0.05, 0.1) is 0 Å². The fraction of sp³-hybridized carbons (Fsp3) is 0.500. The van der Waals surface area contributed by atoms with Gasteiger partial charge in [0.1, 0.15) is 12.1 Å². The summed E-state index contributed by atoms with van der Waals surface area (Å²) in [4.78, 5) is 21.8. The average molecular weight is 245 g/mol. The average Bonchev–Trinajstić information content (AvgIpc) is 2.92. The van der Waals surface area contributed by atoms with Gasteiger partial charge in [-0.3, -0.25) is 4.79 Å². The van der Waals surface area contributed by atoms with E-state index in [0.717, 1.165) is 25.9 Å². The molecule has 1 unspecified atom stereocenters. The standard InChI is InChI=1S/C12H15N5O/c1-9(12(18)17-6-2-3-7-17)16-11-10(8-13)14-4-5-15-11/h4-5,9H,2-3,6-7H2,1H3,(H,15,16). The lowest BCUT2D eigenvalue weighted by atomic mass is 10.3. The number of amides is 1. The maximum Gasteiger partial charge on any atom is 0.244 e. The van der Waals surface area contributed by atoms with Crippen molar-refractivity contribution in [1.82, 2.24) is 14.9 Å². The van der Waals surface area contributed by atoms with E-state index in [1.165, 1.54) is 12.4 Å². The fourth-order valence-corrected chi connectivity index (χ4v) is 2.00. The first-order valence-electron chi connectivity index (χ1n) is 5.99. The molecule has 6 heteroatoms. The van der Waals surface area contributed by atoms with Gasteiger partial charge in [-0.1, -0.05) is 0 Å². The monoisotopic (exact) mass is 245 g/mol. The smallest absolute Gasteiger partial charge is 0.244 e. The molecule has 1 atom stereocenters. The Bertz CT molecular complexity index is 476. The second-order valence-electron chi connectivity index (χ2n) is 4.26. The number of carbonyl (C=O) groups excluding carboxylic acids is 1. The van der Waals surface area contributed by atoms with Crippen molar-refractivity contribution in [3.63, 3.8) is 0 Å². The zero-order valence-corrected chi connectivity index (χ0v) is 10.3.